The zero-order valence-corrected chi connectivity index (χ0v) is 17.6. The van der Waals surface area contributed by atoms with Crippen LogP contribution in [0.15, 0.2) is 66.7 Å². The third kappa shape index (κ3) is 5.38. The fourth-order valence-electron chi connectivity index (χ4n) is 2.59. The van der Waals surface area contributed by atoms with Crippen LogP contribution >= 0.6 is 35.4 Å². The second-order valence-electron chi connectivity index (χ2n) is 6.05. The Kier molecular flexibility index (Phi) is 7.15. The van der Waals surface area contributed by atoms with Crippen molar-refractivity contribution in [1.82, 2.24) is 5.32 Å². The molecule has 6 heteroatoms. The summed E-state index contributed by atoms with van der Waals surface area (Å²) in [6.07, 6.45) is 0. The first-order chi connectivity index (χ1) is 13.6. The molecule has 144 valence electrons. The van der Waals surface area contributed by atoms with Crippen molar-refractivity contribution < 1.29 is 9.47 Å². The summed E-state index contributed by atoms with van der Waals surface area (Å²) in [5, 5.41) is 4.64. The third-order valence-corrected chi connectivity index (χ3v) is 5.13. The number of hydrogen-bond donors (Lipinski definition) is 1. The Morgan fingerprint density at radius 1 is 0.964 bits per heavy atom. The van der Waals surface area contributed by atoms with Crippen molar-refractivity contribution in [2.75, 3.05) is 7.11 Å². The van der Waals surface area contributed by atoms with Crippen molar-refractivity contribution in [3.05, 3.63) is 93.5 Å². The van der Waals surface area contributed by atoms with Crippen LogP contribution in [-0.4, -0.2) is 12.1 Å². The van der Waals surface area contributed by atoms with E-state index in [9.17, 15) is 0 Å². The molecule has 1 N–H and O–H groups in total. The van der Waals surface area contributed by atoms with E-state index in [4.69, 9.17) is 44.9 Å². The predicted octanol–water partition coefficient (Wildman–Crippen LogP) is 6.05. The zero-order chi connectivity index (χ0) is 19.9. The number of halogens is 2. The summed E-state index contributed by atoms with van der Waals surface area (Å²) in [5.41, 5.74) is 2.85. The molecular weight excluding hydrogens is 413 g/mol. The van der Waals surface area contributed by atoms with E-state index in [1.165, 1.54) is 0 Å². The normalized spacial score (nSPS) is 10.4. The van der Waals surface area contributed by atoms with Crippen LogP contribution in [0.2, 0.25) is 10.0 Å². The molecule has 0 aliphatic carbocycles. The van der Waals surface area contributed by atoms with E-state index in [-0.39, 0.29) is 0 Å². The topological polar surface area (TPSA) is 30.5 Å². The second-order valence-corrected chi connectivity index (χ2v) is 7.31. The average molecular weight is 432 g/mol. The van der Waals surface area contributed by atoms with Gasteiger partial charge < -0.3 is 14.8 Å². The molecule has 0 spiro atoms. The average Bonchev–Trinajstić information content (AvgIpc) is 2.72. The lowest BCUT2D eigenvalue weighted by molar-refractivity contribution is 0.284. The van der Waals surface area contributed by atoms with Crippen molar-refractivity contribution in [3.63, 3.8) is 0 Å². The van der Waals surface area contributed by atoms with Crippen LogP contribution in [0.4, 0.5) is 0 Å². The van der Waals surface area contributed by atoms with E-state index < -0.39 is 0 Å². The van der Waals surface area contributed by atoms with Crippen LogP contribution in [0.5, 0.6) is 11.5 Å². The molecule has 0 aromatic heterocycles. The van der Waals surface area contributed by atoms with E-state index in [1.807, 2.05) is 66.7 Å². The van der Waals surface area contributed by atoms with E-state index in [0.717, 1.165) is 16.7 Å². The van der Waals surface area contributed by atoms with Gasteiger partial charge in [0.05, 0.1) is 7.11 Å². The quantitative estimate of drug-likeness (QED) is 0.461. The van der Waals surface area contributed by atoms with Gasteiger partial charge in [-0.15, -0.1) is 0 Å². The lowest BCUT2D eigenvalue weighted by Gasteiger charge is -2.14. The van der Waals surface area contributed by atoms with Crippen LogP contribution in [0.25, 0.3) is 0 Å². The lowest BCUT2D eigenvalue weighted by Crippen LogP contribution is -2.21. The van der Waals surface area contributed by atoms with Crippen molar-refractivity contribution >= 4 is 40.4 Å². The molecule has 0 amide bonds. The maximum atomic E-state index is 6.19. The van der Waals surface area contributed by atoms with E-state index >= 15 is 0 Å². The SMILES string of the molecule is COc1cc(C(=S)NCc2ccccc2Cl)ccc1OCc1ccc(Cl)cc1. The molecule has 0 saturated heterocycles. The number of methoxy groups -OCH3 is 1. The van der Waals surface area contributed by atoms with Crippen LogP contribution in [-0.2, 0) is 13.2 Å². The number of hydrogen-bond acceptors (Lipinski definition) is 3. The van der Waals surface area contributed by atoms with Crippen LogP contribution in [0.3, 0.4) is 0 Å². The van der Waals surface area contributed by atoms with Crippen molar-refractivity contribution in [1.29, 1.82) is 0 Å². The minimum atomic E-state index is 0.419. The van der Waals surface area contributed by atoms with Crippen LogP contribution in [0, 0.1) is 0 Å². The Morgan fingerprint density at radius 3 is 2.43 bits per heavy atom. The second kappa shape index (κ2) is 9.78. The predicted molar refractivity (Wildman–Crippen MR) is 119 cm³/mol. The molecule has 0 radical (unpaired) electrons. The van der Waals surface area contributed by atoms with Gasteiger partial charge in [-0.2, -0.15) is 0 Å². The van der Waals surface area contributed by atoms with Gasteiger partial charge in [0.1, 0.15) is 11.6 Å². The smallest absolute Gasteiger partial charge is 0.161 e. The fraction of sp³-hybridized carbons (Fsp3) is 0.136. The molecule has 3 rings (SSSR count). The van der Waals surface area contributed by atoms with Gasteiger partial charge in [-0.25, -0.2) is 0 Å². The minimum Gasteiger partial charge on any atom is -0.493 e. The molecule has 3 aromatic rings. The molecule has 0 fully saturated rings. The van der Waals surface area contributed by atoms with Crippen LogP contribution < -0.4 is 14.8 Å². The maximum absolute atomic E-state index is 6.19. The molecule has 3 aromatic carbocycles. The number of nitrogens with one attached hydrogen (secondary N) is 1. The Balaban J connectivity index is 1.65. The maximum Gasteiger partial charge on any atom is 0.161 e. The van der Waals surface area contributed by atoms with Gasteiger partial charge in [0.25, 0.3) is 0 Å². The summed E-state index contributed by atoms with van der Waals surface area (Å²) in [6, 6.07) is 20.8. The lowest BCUT2D eigenvalue weighted by atomic mass is 10.1. The van der Waals surface area contributed by atoms with Crippen LogP contribution in [0.1, 0.15) is 16.7 Å². The molecule has 0 aliphatic rings. The number of thiocarbonyl (C=S) groups is 1. The molecule has 0 saturated carbocycles. The first-order valence-electron chi connectivity index (χ1n) is 8.63. The van der Waals surface area contributed by atoms with Crippen molar-refractivity contribution in [2.45, 2.75) is 13.2 Å². The number of rotatable bonds is 7. The highest BCUT2D eigenvalue weighted by Gasteiger charge is 2.10. The highest BCUT2D eigenvalue weighted by Crippen LogP contribution is 2.29. The zero-order valence-electron chi connectivity index (χ0n) is 15.2. The minimum absolute atomic E-state index is 0.419. The highest BCUT2D eigenvalue weighted by molar-refractivity contribution is 7.80. The van der Waals surface area contributed by atoms with E-state index in [1.54, 1.807) is 7.11 Å². The fourth-order valence-corrected chi connectivity index (χ4v) is 3.12. The molecule has 0 heterocycles. The van der Waals surface area contributed by atoms with Gasteiger partial charge in [-0.05, 0) is 47.5 Å². The standard InChI is InChI=1S/C22H19Cl2NO2S/c1-26-21-12-16(22(28)25-13-17-4-2-3-5-19(17)24)8-11-20(21)27-14-15-6-9-18(23)10-7-15/h2-12H,13-14H2,1H3,(H,25,28). The Morgan fingerprint density at radius 2 is 1.71 bits per heavy atom. The molecule has 0 unspecified atom stereocenters. The molecule has 3 nitrogen and oxygen atoms in total. The summed E-state index contributed by atoms with van der Waals surface area (Å²) >= 11 is 17.6. The monoisotopic (exact) mass is 431 g/mol. The van der Waals surface area contributed by atoms with E-state index in [0.29, 0.717) is 39.7 Å². The van der Waals surface area contributed by atoms with Gasteiger partial charge in [0, 0.05) is 22.2 Å². The van der Waals surface area contributed by atoms with E-state index in [2.05, 4.69) is 5.32 Å². The van der Waals surface area contributed by atoms with Gasteiger partial charge in [-0.1, -0.05) is 65.8 Å². The Bertz CT molecular complexity index is 961. The Labute approximate surface area is 180 Å². The van der Waals surface area contributed by atoms with Gasteiger partial charge in [-0.3, -0.25) is 0 Å². The summed E-state index contributed by atoms with van der Waals surface area (Å²) < 4.78 is 11.4. The first-order valence-corrected chi connectivity index (χ1v) is 9.80. The van der Waals surface area contributed by atoms with Gasteiger partial charge in [0.2, 0.25) is 0 Å². The van der Waals surface area contributed by atoms with Gasteiger partial charge >= 0.3 is 0 Å². The molecule has 28 heavy (non-hydrogen) atoms. The van der Waals surface area contributed by atoms with Gasteiger partial charge in [0.15, 0.2) is 11.5 Å². The number of benzene rings is 3. The molecule has 0 aliphatic heterocycles. The first kappa shape index (κ1) is 20.5. The summed E-state index contributed by atoms with van der Waals surface area (Å²) in [7, 11) is 1.61. The largest absolute Gasteiger partial charge is 0.493 e. The van der Waals surface area contributed by atoms with Crippen molar-refractivity contribution in [2.24, 2.45) is 0 Å². The molecular formula is C22H19Cl2NO2S. The summed E-state index contributed by atoms with van der Waals surface area (Å²) in [4.78, 5) is 0.613. The Hall–Kier alpha value is -2.27. The van der Waals surface area contributed by atoms with Crippen molar-refractivity contribution in [3.8, 4) is 11.5 Å². The summed E-state index contributed by atoms with van der Waals surface area (Å²) in [5.74, 6) is 1.27. The molecule has 0 atom stereocenters. The third-order valence-electron chi connectivity index (χ3n) is 4.13. The number of ether oxygens (including phenoxy) is 2. The highest BCUT2D eigenvalue weighted by atomic mass is 35.5. The summed E-state index contributed by atoms with van der Waals surface area (Å²) in [6.45, 7) is 0.970. The molecule has 0 bridgehead atoms.